The lowest BCUT2D eigenvalue weighted by molar-refractivity contribution is 0.181. The molecule has 0 saturated carbocycles. The zero-order valence-corrected chi connectivity index (χ0v) is 8.86. The SMILES string of the molecule is C=C(I)CC(O)c1ccccc1. The fourth-order valence-electron chi connectivity index (χ4n) is 1.00. The Morgan fingerprint density at radius 1 is 1.42 bits per heavy atom. The van der Waals surface area contributed by atoms with Crippen molar-refractivity contribution < 1.29 is 5.11 Å². The lowest BCUT2D eigenvalue weighted by atomic mass is 10.1. The average Bonchev–Trinajstić information content (AvgIpc) is 2.05. The van der Waals surface area contributed by atoms with E-state index < -0.39 is 6.10 Å². The molecule has 1 rings (SSSR count). The Morgan fingerprint density at radius 2 is 2.00 bits per heavy atom. The first-order valence-corrected chi connectivity index (χ1v) is 4.84. The highest BCUT2D eigenvalue weighted by atomic mass is 127. The second kappa shape index (κ2) is 4.62. The van der Waals surface area contributed by atoms with Crippen LogP contribution >= 0.6 is 22.6 Å². The van der Waals surface area contributed by atoms with Gasteiger partial charge in [0.1, 0.15) is 0 Å². The van der Waals surface area contributed by atoms with Crippen molar-refractivity contribution in [1.82, 2.24) is 0 Å². The van der Waals surface area contributed by atoms with E-state index in [0.29, 0.717) is 6.42 Å². The van der Waals surface area contributed by atoms with Crippen molar-refractivity contribution in [3.05, 3.63) is 46.1 Å². The first kappa shape index (κ1) is 9.74. The molecule has 1 unspecified atom stereocenters. The van der Waals surface area contributed by atoms with Crippen LogP contribution in [0.4, 0.5) is 0 Å². The van der Waals surface area contributed by atoms with Crippen LogP contribution in [0.2, 0.25) is 0 Å². The summed E-state index contributed by atoms with van der Waals surface area (Å²) in [4.78, 5) is 0. The van der Waals surface area contributed by atoms with Gasteiger partial charge in [0.2, 0.25) is 0 Å². The Bertz CT molecular complexity index is 256. The number of hydrogen-bond acceptors (Lipinski definition) is 1. The number of aliphatic hydroxyl groups excluding tert-OH is 1. The van der Waals surface area contributed by atoms with Crippen LogP contribution in [0.15, 0.2) is 40.5 Å². The van der Waals surface area contributed by atoms with Gasteiger partial charge in [-0.1, -0.05) is 36.9 Å². The Hall–Kier alpha value is -0.350. The van der Waals surface area contributed by atoms with Gasteiger partial charge in [0.15, 0.2) is 0 Å². The molecule has 0 aliphatic rings. The summed E-state index contributed by atoms with van der Waals surface area (Å²) < 4.78 is 0.976. The minimum Gasteiger partial charge on any atom is -0.388 e. The molecule has 0 radical (unpaired) electrons. The summed E-state index contributed by atoms with van der Waals surface area (Å²) in [6, 6.07) is 9.63. The minimum absolute atomic E-state index is 0.407. The summed E-state index contributed by atoms with van der Waals surface area (Å²) in [6.45, 7) is 3.75. The molecule has 12 heavy (non-hydrogen) atoms. The fraction of sp³-hybridized carbons (Fsp3) is 0.200. The van der Waals surface area contributed by atoms with Crippen molar-refractivity contribution in [3.8, 4) is 0 Å². The third-order valence-electron chi connectivity index (χ3n) is 1.60. The topological polar surface area (TPSA) is 20.2 Å². The molecule has 0 fully saturated rings. The zero-order chi connectivity index (χ0) is 8.97. The van der Waals surface area contributed by atoms with E-state index in [9.17, 15) is 5.11 Å². The Balaban J connectivity index is 2.65. The highest BCUT2D eigenvalue weighted by Crippen LogP contribution is 2.22. The predicted molar refractivity (Wildman–Crippen MR) is 59.2 cm³/mol. The molecule has 1 aromatic rings. The fourth-order valence-corrected chi connectivity index (χ4v) is 1.42. The van der Waals surface area contributed by atoms with E-state index in [2.05, 4.69) is 29.2 Å². The molecule has 0 bridgehead atoms. The van der Waals surface area contributed by atoms with Crippen molar-refractivity contribution in [2.45, 2.75) is 12.5 Å². The number of hydrogen-bond donors (Lipinski definition) is 1. The molecule has 1 aromatic carbocycles. The minimum atomic E-state index is -0.407. The summed E-state index contributed by atoms with van der Waals surface area (Å²) in [5.41, 5.74) is 0.954. The maximum atomic E-state index is 9.63. The summed E-state index contributed by atoms with van der Waals surface area (Å²) in [5.74, 6) is 0. The molecular weight excluding hydrogens is 263 g/mol. The van der Waals surface area contributed by atoms with Gasteiger partial charge in [0, 0.05) is 6.42 Å². The molecule has 0 aromatic heterocycles. The molecular formula is C10H11IO. The second-order valence-corrected chi connectivity index (χ2v) is 4.17. The quantitative estimate of drug-likeness (QED) is 0.840. The molecule has 0 aliphatic heterocycles. The van der Waals surface area contributed by atoms with E-state index in [4.69, 9.17) is 0 Å². The van der Waals surface area contributed by atoms with E-state index in [1.807, 2.05) is 30.3 Å². The summed E-state index contributed by atoms with van der Waals surface area (Å²) in [5, 5.41) is 9.63. The number of rotatable bonds is 3. The molecule has 0 aliphatic carbocycles. The summed E-state index contributed by atoms with van der Waals surface area (Å²) in [6.07, 6.45) is 0.223. The van der Waals surface area contributed by atoms with Crippen LogP contribution in [0, 0.1) is 0 Å². The van der Waals surface area contributed by atoms with Crippen molar-refractivity contribution in [2.24, 2.45) is 0 Å². The summed E-state index contributed by atoms with van der Waals surface area (Å²) in [7, 11) is 0. The van der Waals surface area contributed by atoms with Crippen molar-refractivity contribution >= 4 is 22.6 Å². The Kier molecular flexibility index (Phi) is 3.75. The van der Waals surface area contributed by atoms with Crippen LogP contribution in [0.5, 0.6) is 0 Å². The second-order valence-electron chi connectivity index (χ2n) is 2.65. The molecule has 1 nitrogen and oxygen atoms in total. The third kappa shape index (κ3) is 2.95. The van der Waals surface area contributed by atoms with E-state index in [1.54, 1.807) is 0 Å². The van der Waals surface area contributed by atoms with Crippen LogP contribution in [0.3, 0.4) is 0 Å². The zero-order valence-electron chi connectivity index (χ0n) is 6.70. The summed E-state index contributed by atoms with van der Waals surface area (Å²) >= 11 is 2.13. The van der Waals surface area contributed by atoms with E-state index in [0.717, 1.165) is 9.14 Å². The molecule has 0 spiro atoms. The van der Waals surface area contributed by atoms with Gasteiger partial charge in [-0.3, -0.25) is 0 Å². The lowest BCUT2D eigenvalue weighted by Crippen LogP contribution is -1.95. The molecule has 0 heterocycles. The number of aliphatic hydroxyl groups is 1. The molecule has 1 atom stereocenters. The van der Waals surface area contributed by atoms with Crippen LogP contribution in [0.1, 0.15) is 18.1 Å². The standard InChI is InChI=1S/C10H11IO/c1-8(11)7-10(12)9-5-3-2-4-6-9/h2-6,10,12H,1,7H2. The largest absolute Gasteiger partial charge is 0.388 e. The number of benzene rings is 1. The van der Waals surface area contributed by atoms with E-state index in [1.165, 1.54) is 0 Å². The average molecular weight is 274 g/mol. The predicted octanol–water partition coefficient (Wildman–Crippen LogP) is 3.06. The van der Waals surface area contributed by atoms with Gasteiger partial charge < -0.3 is 5.11 Å². The van der Waals surface area contributed by atoms with Gasteiger partial charge in [-0.15, -0.1) is 0 Å². The Morgan fingerprint density at radius 3 is 2.50 bits per heavy atom. The van der Waals surface area contributed by atoms with Crippen molar-refractivity contribution in [1.29, 1.82) is 0 Å². The van der Waals surface area contributed by atoms with E-state index >= 15 is 0 Å². The Labute approximate surface area is 86.3 Å². The first-order valence-electron chi connectivity index (χ1n) is 3.76. The molecule has 0 saturated heterocycles. The molecule has 0 amide bonds. The van der Waals surface area contributed by atoms with Crippen LogP contribution in [-0.2, 0) is 0 Å². The number of halogens is 1. The van der Waals surface area contributed by atoms with Gasteiger partial charge in [-0.2, -0.15) is 0 Å². The highest BCUT2D eigenvalue weighted by Gasteiger charge is 2.06. The maximum absolute atomic E-state index is 9.63. The molecule has 64 valence electrons. The first-order chi connectivity index (χ1) is 5.70. The van der Waals surface area contributed by atoms with Gasteiger partial charge in [-0.25, -0.2) is 0 Å². The van der Waals surface area contributed by atoms with E-state index in [-0.39, 0.29) is 0 Å². The normalized spacial score (nSPS) is 12.5. The monoisotopic (exact) mass is 274 g/mol. The van der Waals surface area contributed by atoms with Crippen molar-refractivity contribution in [3.63, 3.8) is 0 Å². The van der Waals surface area contributed by atoms with Gasteiger partial charge in [0.05, 0.1) is 6.10 Å². The van der Waals surface area contributed by atoms with Crippen LogP contribution in [0.25, 0.3) is 0 Å². The molecule has 2 heteroatoms. The van der Waals surface area contributed by atoms with Crippen LogP contribution < -0.4 is 0 Å². The smallest absolute Gasteiger partial charge is 0.0834 e. The van der Waals surface area contributed by atoms with Gasteiger partial charge in [0.25, 0.3) is 0 Å². The lowest BCUT2D eigenvalue weighted by Gasteiger charge is -2.08. The van der Waals surface area contributed by atoms with Crippen molar-refractivity contribution in [2.75, 3.05) is 0 Å². The highest BCUT2D eigenvalue weighted by molar-refractivity contribution is 14.1. The van der Waals surface area contributed by atoms with Gasteiger partial charge in [-0.05, 0) is 31.7 Å². The van der Waals surface area contributed by atoms with Crippen LogP contribution in [-0.4, -0.2) is 5.11 Å². The van der Waals surface area contributed by atoms with Gasteiger partial charge >= 0.3 is 0 Å². The molecule has 1 N–H and O–H groups in total. The third-order valence-corrected chi connectivity index (χ3v) is 2.04. The maximum Gasteiger partial charge on any atom is 0.0834 e.